The number of ether oxygens (including phenoxy) is 1. The molecular weight excluding hydrogens is 350 g/mol. The number of fused-ring (bicyclic) bond motifs is 7. The van der Waals surface area contributed by atoms with Crippen molar-refractivity contribution >= 4 is 23.6 Å². The van der Waals surface area contributed by atoms with Crippen LogP contribution in [0.15, 0.2) is 24.3 Å². The largest absolute Gasteiger partial charge is 0.446 e. The van der Waals surface area contributed by atoms with E-state index in [0.29, 0.717) is 24.7 Å². The molecule has 2 amide bonds. The number of aromatic amines is 1. The van der Waals surface area contributed by atoms with Gasteiger partial charge in [0.2, 0.25) is 0 Å². The number of carbonyl (C=O) groups excluding carboxylic acids is 2. The maximum atomic E-state index is 12.2. The number of hydrogen-bond acceptors (Lipinski definition) is 7. The number of pyridine rings is 1. The Balaban J connectivity index is 1.55. The van der Waals surface area contributed by atoms with Crippen LogP contribution >= 0.6 is 0 Å². The summed E-state index contributed by atoms with van der Waals surface area (Å²) < 4.78 is 5.46. The van der Waals surface area contributed by atoms with Crippen molar-refractivity contribution in [3.05, 3.63) is 35.7 Å². The number of nitrogens with one attached hydrogen (secondary N) is 5. The Bertz CT molecular complexity index is 837. The first kappa shape index (κ1) is 17.3. The molecule has 10 heteroatoms. The topological polar surface area (TPSA) is 133 Å². The number of hydrazine groups is 1. The van der Waals surface area contributed by atoms with Crippen molar-refractivity contribution < 1.29 is 14.3 Å². The van der Waals surface area contributed by atoms with Gasteiger partial charge in [0.25, 0.3) is 5.91 Å². The van der Waals surface area contributed by atoms with E-state index in [2.05, 4.69) is 36.7 Å². The zero-order chi connectivity index (χ0) is 18.6. The minimum atomic E-state index is -0.448. The molecular formula is C17H21N7O3. The third kappa shape index (κ3) is 4.17. The van der Waals surface area contributed by atoms with Crippen LogP contribution in [0.2, 0.25) is 0 Å². The minimum Gasteiger partial charge on any atom is -0.446 e. The number of alkyl carbamates (subject to hydrolysis) is 1. The molecule has 2 aromatic heterocycles. The van der Waals surface area contributed by atoms with Gasteiger partial charge in [-0.05, 0) is 31.4 Å². The summed E-state index contributed by atoms with van der Waals surface area (Å²) in [6.07, 6.45) is 1.94. The van der Waals surface area contributed by atoms with Gasteiger partial charge >= 0.3 is 6.09 Å². The van der Waals surface area contributed by atoms with Crippen molar-refractivity contribution in [1.29, 1.82) is 0 Å². The average molecular weight is 371 g/mol. The van der Waals surface area contributed by atoms with Crippen LogP contribution in [0.3, 0.4) is 0 Å². The Morgan fingerprint density at radius 2 is 2.04 bits per heavy atom. The minimum absolute atomic E-state index is 0.111. The molecule has 3 heterocycles. The summed E-state index contributed by atoms with van der Waals surface area (Å²) in [5, 5.41) is 13.1. The summed E-state index contributed by atoms with van der Waals surface area (Å²) in [6, 6.07) is 7.05. The molecule has 2 aromatic rings. The number of H-pyrrole nitrogens is 1. The summed E-state index contributed by atoms with van der Waals surface area (Å²) in [7, 11) is 0. The van der Waals surface area contributed by atoms with E-state index in [4.69, 9.17) is 4.74 Å². The summed E-state index contributed by atoms with van der Waals surface area (Å²) >= 11 is 0. The molecule has 10 nitrogen and oxygen atoms in total. The van der Waals surface area contributed by atoms with Gasteiger partial charge in [-0.3, -0.25) is 15.3 Å². The highest BCUT2D eigenvalue weighted by Crippen LogP contribution is 2.36. The van der Waals surface area contributed by atoms with E-state index in [0.717, 1.165) is 25.0 Å². The third-order valence-electron chi connectivity index (χ3n) is 4.65. The smallest absolute Gasteiger partial charge is 0.407 e. The van der Waals surface area contributed by atoms with Crippen LogP contribution < -0.4 is 21.5 Å². The van der Waals surface area contributed by atoms with E-state index in [1.165, 1.54) is 0 Å². The normalized spacial score (nSPS) is 23.3. The second kappa shape index (κ2) is 7.62. The quantitative estimate of drug-likeness (QED) is 0.469. The zero-order valence-electron chi connectivity index (χ0n) is 14.6. The van der Waals surface area contributed by atoms with E-state index in [1.54, 1.807) is 18.2 Å². The van der Waals surface area contributed by atoms with Gasteiger partial charge < -0.3 is 15.4 Å². The van der Waals surface area contributed by atoms with Crippen LogP contribution in [0.1, 0.15) is 41.4 Å². The summed E-state index contributed by atoms with van der Waals surface area (Å²) in [4.78, 5) is 28.3. The lowest BCUT2D eigenvalue weighted by molar-refractivity contribution is 0.0927. The van der Waals surface area contributed by atoms with Crippen LogP contribution in [-0.4, -0.2) is 46.4 Å². The standard InChI is InChI=1S/C17H21N7O3/c25-16-12-2-1-3-14(20-12)21-15-9-13(22-23-15)10-4-5-11(8-10)27-17(26)18-6-7-19-24-16/h1-3,9-11,19H,4-8H2,(H,18,26)(H,24,25)(H2,20,21,22,23)/t10-,11+/m0/s1. The van der Waals surface area contributed by atoms with Crippen molar-refractivity contribution in [2.24, 2.45) is 0 Å². The fraction of sp³-hybridized carbons (Fsp3) is 0.412. The number of amides is 2. The molecule has 142 valence electrons. The number of rotatable bonds is 0. The number of nitrogens with zero attached hydrogens (tertiary/aromatic N) is 2. The highest BCUT2D eigenvalue weighted by atomic mass is 16.6. The number of anilines is 2. The maximum Gasteiger partial charge on any atom is 0.407 e. The Morgan fingerprint density at radius 3 is 2.96 bits per heavy atom. The molecule has 6 bridgehead atoms. The number of hydrogen-bond donors (Lipinski definition) is 5. The van der Waals surface area contributed by atoms with Crippen LogP contribution in [0.4, 0.5) is 16.4 Å². The van der Waals surface area contributed by atoms with E-state index in [1.807, 2.05) is 6.07 Å². The SMILES string of the molecule is O=C1NCCNNC(=O)c2cccc(n2)Nc2cc([nH]n2)[C@H]2CC[C@H](C2)O1. The third-order valence-corrected chi connectivity index (χ3v) is 4.65. The first-order chi connectivity index (χ1) is 13.2. The molecule has 0 aromatic carbocycles. The van der Waals surface area contributed by atoms with E-state index < -0.39 is 6.09 Å². The summed E-state index contributed by atoms with van der Waals surface area (Å²) in [5.41, 5.74) is 6.55. The molecule has 27 heavy (non-hydrogen) atoms. The number of aromatic nitrogens is 3. The van der Waals surface area contributed by atoms with Crippen molar-refractivity contribution in [3.63, 3.8) is 0 Å². The van der Waals surface area contributed by atoms with Gasteiger partial charge in [0.15, 0.2) is 5.82 Å². The average Bonchev–Trinajstić information content (AvgIpc) is 3.30. The Labute approximate surface area is 155 Å². The van der Waals surface area contributed by atoms with Crippen LogP contribution in [0.25, 0.3) is 0 Å². The summed E-state index contributed by atoms with van der Waals surface area (Å²) in [6.45, 7) is 0.688. The molecule has 5 N–H and O–H groups in total. The van der Waals surface area contributed by atoms with Gasteiger partial charge in [-0.1, -0.05) is 6.07 Å². The van der Waals surface area contributed by atoms with Crippen molar-refractivity contribution in [1.82, 2.24) is 31.3 Å². The van der Waals surface area contributed by atoms with E-state index in [-0.39, 0.29) is 23.6 Å². The zero-order valence-corrected chi connectivity index (χ0v) is 14.6. The number of carbonyl (C=O) groups is 2. The van der Waals surface area contributed by atoms with Crippen molar-refractivity contribution in [2.75, 3.05) is 18.4 Å². The van der Waals surface area contributed by atoms with Gasteiger partial charge in [-0.25, -0.2) is 15.2 Å². The first-order valence-corrected chi connectivity index (χ1v) is 8.94. The van der Waals surface area contributed by atoms with Gasteiger partial charge in [-0.2, -0.15) is 5.10 Å². The van der Waals surface area contributed by atoms with Gasteiger partial charge in [0.1, 0.15) is 17.6 Å². The predicted molar refractivity (Wildman–Crippen MR) is 96.4 cm³/mol. The van der Waals surface area contributed by atoms with Gasteiger partial charge in [-0.15, -0.1) is 0 Å². The highest BCUT2D eigenvalue weighted by molar-refractivity contribution is 5.92. The Hall–Kier alpha value is -3.14. The second-order valence-corrected chi connectivity index (χ2v) is 6.59. The second-order valence-electron chi connectivity index (χ2n) is 6.59. The molecule has 1 saturated carbocycles. The molecule has 0 unspecified atom stereocenters. The van der Waals surface area contributed by atoms with Crippen molar-refractivity contribution in [3.8, 4) is 0 Å². The lowest BCUT2D eigenvalue weighted by Gasteiger charge is -2.14. The maximum absolute atomic E-state index is 12.2. The molecule has 0 saturated heterocycles. The first-order valence-electron chi connectivity index (χ1n) is 8.94. The van der Waals surface area contributed by atoms with Crippen LogP contribution in [0, 0.1) is 0 Å². The summed E-state index contributed by atoms with van der Waals surface area (Å²) in [5.74, 6) is 1.04. The predicted octanol–water partition coefficient (Wildman–Crippen LogP) is 1.16. The molecule has 4 rings (SSSR count). The molecule has 0 spiro atoms. The lowest BCUT2D eigenvalue weighted by Crippen LogP contribution is -2.42. The van der Waals surface area contributed by atoms with Crippen LogP contribution in [-0.2, 0) is 4.74 Å². The Kier molecular flexibility index (Phi) is 4.88. The lowest BCUT2D eigenvalue weighted by atomic mass is 10.0. The Morgan fingerprint density at radius 1 is 1.11 bits per heavy atom. The van der Waals surface area contributed by atoms with Crippen LogP contribution in [0.5, 0.6) is 0 Å². The monoisotopic (exact) mass is 371 g/mol. The molecule has 0 radical (unpaired) electrons. The molecule has 1 aliphatic carbocycles. The molecule has 2 atom stereocenters. The molecule has 1 fully saturated rings. The highest BCUT2D eigenvalue weighted by Gasteiger charge is 2.30. The van der Waals surface area contributed by atoms with Crippen molar-refractivity contribution in [2.45, 2.75) is 31.3 Å². The van der Waals surface area contributed by atoms with Gasteiger partial charge in [0.05, 0.1) is 0 Å². The molecule has 1 aliphatic heterocycles. The van der Waals surface area contributed by atoms with Gasteiger partial charge in [0, 0.05) is 30.8 Å². The van der Waals surface area contributed by atoms with E-state index >= 15 is 0 Å². The fourth-order valence-electron chi connectivity index (χ4n) is 3.33. The molecule has 2 aliphatic rings. The fourth-order valence-corrected chi connectivity index (χ4v) is 3.33. The van der Waals surface area contributed by atoms with E-state index in [9.17, 15) is 9.59 Å².